The van der Waals surface area contributed by atoms with Crippen molar-refractivity contribution >= 4 is 5.91 Å². The van der Waals surface area contributed by atoms with Crippen LogP contribution < -0.4 is 5.32 Å². The summed E-state index contributed by atoms with van der Waals surface area (Å²) in [7, 11) is 0. The molecule has 1 fully saturated rings. The molecule has 6 N–H and O–H groups in total. The SMILES string of the molecule is CCCCCC/C=C/CC/C=C/C(O)C(COC1OC(CO)C(O)C(O)C1O)NC(=O)CCCCCCCCCCCCCCCCC/C=C\C/C=C\CCCCCCC. The molecule has 0 aromatic rings. The third kappa shape index (κ3) is 31.1. The van der Waals surface area contributed by atoms with Crippen LogP contribution in [0.4, 0.5) is 0 Å². The van der Waals surface area contributed by atoms with Crippen molar-refractivity contribution in [2.24, 2.45) is 0 Å². The number of hydrogen-bond acceptors (Lipinski definition) is 8. The van der Waals surface area contributed by atoms with Crippen LogP contribution in [-0.4, -0.2) is 87.5 Å². The molecular formula is C51H93NO8. The Kier molecular flexibility index (Phi) is 38.5. The second kappa shape index (κ2) is 41.2. The van der Waals surface area contributed by atoms with E-state index in [-0.39, 0.29) is 12.5 Å². The van der Waals surface area contributed by atoms with Crippen LogP contribution in [0.2, 0.25) is 0 Å². The van der Waals surface area contributed by atoms with Crippen molar-refractivity contribution in [1.82, 2.24) is 5.32 Å². The van der Waals surface area contributed by atoms with E-state index in [0.717, 1.165) is 44.9 Å². The number of nitrogens with one attached hydrogen (secondary N) is 1. The zero-order valence-electron chi connectivity index (χ0n) is 38.5. The first-order valence-electron chi connectivity index (χ1n) is 24.9. The molecule has 7 atom stereocenters. The van der Waals surface area contributed by atoms with Gasteiger partial charge in [0.1, 0.15) is 24.4 Å². The zero-order chi connectivity index (χ0) is 43.7. The van der Waals surface area contributed by atoms with E-state index in [1.807, 2.05) is 6.08 Å². The number of allylic oxidation sites excluding steroid dienone is 7. The van der Waals surface area contributed by atoms with E-state index >= 15 is 0 Å². The lowest BCUT2D eigenvalue weighted by Crippen LogP contribution is -2.60. The normalized spacial score (nSPS) is 20.9. The Labute approximate surface area is 367 Å². The van der Waals surface area contributed by atoms with Gasteiger partial charge in [0, 0.05) is 6.42 Å². The van der Waals surface area contributed by atoms with Crippen molar-refractivity contribution in [2.45, 2.75) is 256 Å². The van der Waals surface area contributed by atoms with Gasteiger partial charge in [0.05, 0.1) is 25.4 Å². The summed E-state index contributed by atoms with van der Waals surface area (Å²) in [5.41, 5.74) is 0. The fourth-order valence-electron chi connectivity index (χ4n) is 7.61. The number of hydrogen-bond donors (Lipinski definition) is 6. The quantitative estimate of drug-likeness (QED) is 0.0263. The Morgan fingerprint density at radius 3 is 1.52 bits per heavy atom. The maximum absolute atomic E-state index is 12.9. The van der Waals surface area contributed by atoms with E-state index in [1.54, 1.807) is 6.08 Å². The molecule has 0 aromatic carbocycles. The Morgan fingerprint density at radius 2 is 1.00 bits per heavy atom. The average molecular weight is 848 g/mol. The number of ether oxygens (including phenoxy) is 2. The van der Waals surface area contributed by atoms with Gasteiger partial charge in [-0.2, -0.15) is 0 Å². The predicted molar refractivity (Wildman–Crippen MR) is 249 cm³/mol. The van der Waals surface area contributed by atoms with Gasteiger partial charge in [0.25, 0.3) is 0 Å². The molecule has 7 unspecified atom stereocenters. The van der Waals surface area contributed by atoms with E-state index in [2.05, 4.69) is 55.6 Å². The fraction of sp³-hybridized carbons (Fsp3) is 0.824. The lowest BCUT2D eigenvalue weighted by Gasteiger charge is -2.40. The molecule has 9 heteroatoms. The highest BCUT2D eigenvalue weighted by Gasteiger charge is 2.44. The molecule has 0 bridgehead atoms. The minimum atomic E-state index is -1.57. The summed E-state index contributed by atoms with van der Waals surface area (Å²) in [4.78, 5) is 12.9. The van der Waals surface area contributed by atoms with Crippen LogP contribution in [0.3, 0.4) is 0 Å². The number of carbonyl (C=O) groups is 1. The minimum Gasteiger partial charge on any atom is -0.394 e. The van der Waals surface area contributed by atoms with Crippen LogP contribution in [-0.2, 0) is 14.3 Å². The molecule has 1 rings (SSSR count). The maximum atomic E-state index is 12.9. The third-order valence-electron chi connectivity index (χ3n) is 11.6. The number of unbranched alkanes of at least 4 members (excludes halogenated alkanes) is 25. The lowest BCUT2D eigenvalue weighted by atomic mass is 9.99. The standard InChI is InChI=1S/C51H93NO8/c1-3-5-7-9-11-13-15-16-17-18-19-20-21-22-23-24-25-26-27-28-29-30-31-33-35-37-39-41-47(55)52-44(43-59-51-50(58)49(57)48(56)46(42-53)60-51)45(54)40-38-36-34-32-14-12-10-8-6-4-2/h14-16,18-19,32,38,40,44-46,48-51,53-54,56-58H,3-13,17,20-31,33-37,39,41-43H2,1-2H3,(H,52,55)/b16-15-,19-18-,32-14+,40-38+. The summed E-state index contributed by atoms with van der Waals surface area (Å²) in [6, 6.07) is -0.819. The third-order valence-corrected chi connectivity index (χ3v) is 11.6. The van der Waals surface area contributed by atoms with Crippen molar-refractivity contribution in [1.29, 1.82) is 0 Å². The molecule has 9 nitrogen and oxygen atoms in total. The molecule has 1 aliphatic heterocycles. The highest BCUT2D eigenvalue weighted by Crippen LogP contribution is 2.22. The summed E-state index contributed by atoms with van der Waals surface area (Å²) < 4.78 is 11.2. The molecule has 1 amide bonds. The van der Waals surface area contributed by atoms with Gasteiger partial charge in [-0.1, -0.05) is 191 Å². The first kappa shape index (κ1) is 56.2. The van der Waals surface area contributed by atoms with E-state index in [9.17, 15) is 30.3 Å². The van der Waals surface area contributed by atoms with Gasteiger partial charge in [-0.05, 0) is 64.2 Å². The van der Waals surface area contributed by atoms with Gasteiger partial charge >= 0.3 is 0 Å². The highest BCUT2D eigenvalue weighted by molar-refractivity contribution is 5.76. The lowest BCUT2D eigenvalue weighted by molar-refractivity contribution is -0.302. The van der Waals surface area contributed by atoms with Crippen molar-refractivity contribution in [3.05, 3.63) is 48.6 Å². The van der Waals surface area contributed by atoms with Crippen molar-refractivity contribution in [3.8, 4) is 0 Å². The van der Waals surface area contributed by atoms with Crippen LogP contribution >= 0.6 is 0 Å². The largest absolute Gasteiger partial charge is 0.394 e. The minimum absolute atomic E-state index is 0.189. The van der Waals surface area contributed by atoms with Crippen LogP contribution in [0.25, 0.3) is 0 Å². The molecule has 0 saturated carbocycles. The van der Waals surface area contributed by atoms with Gasteiger partial charge in [-0.15, -0.1) is 0 Å². The molecule has 0 aromatic heterocycles. The van der Waals surface area contributed by atoms with E-state index < -0.39 is 49.5 Å². The topological polar surface area (TPSA) is 149 Å². The molecule has 0 spiro atoms. The number of aliphatic hydroxyl groups excluding tert-OH is 5. The summed E-state index contributed by atoms with van der Waals surface area (Å²) >= 11 is 0. The fourth-order valence-corrected chi connectivity index (χ4v) is 7.61. The van der Waals surface area contributed by atoms with Gasteiger partial charge in [0.15, 0.2) is 6.29 Å². The van der Waals surface area contributed by atoms with Gasteiger partial charge in [-0.25, -0.2) is 0 Å². The first-order valence-corrected chi connectivity index (χ1v) is 24.9. The Hall–Kier alpha value is -1.85. The molecule has 1 aliphatic rings. The van der Waals surface area contributed by atoms with Crippen molar-refractivity contribution < 1.29 is 39.8 Å². The number of rotatable bonds is 41. The summed E-state index contributed by atoms with van der Waals surface area (Å²) in [5, 5.41) is 54.1. The summed E-state index contributed by atoms with van der Waals surface area (Å²) in [6.07, 6.45) is 46.1. The van der Waals surface area contributed by atoms with Crippen LogP contribution in [0, 0.1) is 0 Å². The van der Waals surface area contributed by atoms with Crippen LogP contribution in [0.1, 0.15) is 213 Å². The van der Waals surface area contributed by atoms with Crippen molar-refractivity contribution in [2.75, 3.05) is 13.2 Å². The van der Waals surface area contributed by atoms with E-state index in [4.69, 9.17) is 9.47 Å². The van der Waals surface area contributed by atoms with Gasteiger partial charge < -0.3 is 40.3 Å². The molecule has 1 heterocycles. The molecule has 1 saturated heterocycles. The summed E-state index contributed by atoms with van der Waals surface area (Å²) in [6.45, 7) is 3.71. The maximum Gasteiger partial charge on any atom is 0.220 e. The zero-order valence-corrected chi connectivity index (χ0v) is 38.5. The first-order chi connectivity index (χ1) is 29.3. The Morgan fingerprint density at radius 1 is 0.567 bits per heavy atom. The highest BCUT2D eigenvalue weighted by atomic mass is 16.7. The smallest absolute Gasteiger partial charge is 0.220 e. The van der Waals surface area contributed by atoms with Crippen LogP contribution in [0.15, 0.2) is 48.6 Å². The van der Waals surface area contributed by atoms with Gasteiger partial charge in [-0.3, -0.25) is 4.79 Å². The van der Waals surface area contributed by atoms with Crippen LogP contribution in [0.5, 0.6) is 0 Å². The average Bonchev–Trinajstić information content (AvgIpc) is 3.25. The number of amides is 1. The van der Waals surface area contributed by atoms with E-state index in [1.165, 1.54) is 148 Å². The summed E-state index contributed by atoms with van der Waals surface area (Å²) in [5.74, 6) is -0.189. The molecule has 0 radical (unpaired) electrons. The van der Waals surface area contributed by atoms with Crippen molar-refractivity contribution in [3.63, 3.8) is 0 Å². The monoisotopic (exact) mass is 848 g/mol. The molecule has 350 valence electrons. The molecule has 60 heavy (non-hydrogen) atoms. The Bertz CT molecular complexity index is 1080. The number of carbonyl (C=O) groups excluding carboxylic acids is 1. The molecule has 0 aliphatic carbocycles. The molecular weight excluding hydrogens is 755 g/mol. The number of aliphatic hydroxyl groups is 5. The second-order valence-corrected chi connectivity index (χ2v) is 17.2. The van der Waals surface area contributed by atoms with Gasteiger partial charge in [0.2, 0.25) is 5.91 Å². The Balaban J connectivity index is 2.19. The predicted octanol–water partition coefficient (Wildman–Crippen LogP) is 11.0. The van der Waals surface area contributed by atoms with E-state index in [0.29, 0.717) is 6.42 Å². The second-order valence-electron chi connectivity index (χ2n) is 17.2.